The maximum absolute atomic E-state index is 12.2. The molecule has 0 aliphatic carbocycles. The van der Waals surface area contributed by atoms with Gasteiger partial charge in [0.2, 0.25) is 5.91 Å². The van der Waals surface area contributed by atoms with E-state index in [2.05, 4.69) is 41.1 Å². The second-order valence-corrected chi connectivity index (χ2v) is 8.60. The van der Waals surface area contributed by atoms with E-state index in [1.807, 2.05) is 42.5 Å². The second-order valence-electron chi connectivity index (χ2n) is 6.66. The fourth-order valence-corrected chi connectivity index (χ4v) is 4.53. The highest BCUT2D eigenvalue weighted by molar-refractivity contribution is 7.10. The summed E-state index contributed by atoms with van der Waals surface area (Å²) < 4.78 is 0. The molecule has 0 fully saturated rings. The first-order valence-corrected chi connectivity index (χ1v) is 10.4. The molecular formula is C20H24N3OS2+. The van der Waals surface area contributed by atoms with Gasteiger partial charge < -0.3 is 10.2 Å². The van der Waals surface area contributed by atoms with Crippen molar-refractivity contribution in [3.8, 4) is 0 Å². The van der Waals surface area contributed by atoms with Gasteiger partial charge in [0.1, 0.15) is 23.8 Å². The van der Waals surface area contributed by atoms with Crippen LogP contribution in [0.15, 0.2) is 41.1 Å². The van der Waals surface area contributed by atoms with Crippen LogP contribution in [-0.2, 0) is 24.3 Å². The summed E-state index contributed by atoms with van der Waals surface area (Å²) in [6.07, 6.45) is 0.321. The SMILES string of the molecule is Cc1ccc(NC(=O)Cc2nc(C[NH+](C)Cc3sccc3C)cs2)cc1. The fraction of sp³-hybridized carbons (Fsp3) is 0.300. The average Bonchev–Trinajstić information content (AvgIpc) is 3.19. The van der Waals surface area contributed by atoms with Gasteiger partial charge in [0.15, 0.2) is 0 Å². The highest BCUT2D eigenvalue weighted by atomic mass is 32.1. The van der Waals surface area contributed by atoms with Gasteiger partial charge in [-0.2, -0.15) is 0 Å². The number of hydrogen-bond donors (Lipinski definition) is 2. The smallest absolute Gasteiger partial charge is 0.231 e. The topological polar surface area (TPSA) is 46.4 Å². The standard InChI is InChI=1S/C20H23N3OS2/c1-14-4-6-16(7-5-14)21-19(24)10-20-22-17(13-26-20)11-23(3)12-18-15(2)8-9-25-18/h4-9,13H,10-12H2,1-3H3,(H,21,24)/p+1. The lowest BCUT2D eigenvalue weighted by atomic mass is 10.2. The fourth-order valence-electron chi connectivity index (χ4n) is 2.72. The Labute approximate surface area is 162 Å². The maximum atomic E-state index is 12.2. The van der Waals surface area contributed by atoms with Crippen molar-refractivity contribution in [3.63, 3.8) is 0 Å². The van der Waals surface area contributed by atoms with Gasteiger partial charge in [-0.3, -0.25) is 4.79 Å². The van der Waals surface area contributed by atoms with E-state index in [0.29, 0.717) is 6.42 Å². The van der Waals surface area contributed by atoms with Crippen molar-refractivity contribution >= 4 is 34.3 Å². The van der Waals surface area contributed by atoms with Gasteiger partial charge in [-0.25, -0.2) is 4.98 Å². The molecule has 1 atom stereocenters. The van der Waals surface area contributed by atoms with Gasteiger partial charge in [-0.1, -0.05) is 17.7 Å². The van der Waals surface area contributed by atoms with Crippen molar-refractivity contribution in [2.45, 2.75) is 33.4 Å². The molecule has 0 spiro atoms. The minimum atomic E-state index is -0.0235. The van der Waals surface area contributed by atoms with E-state index in [9.17, 15) is 4.79 Å². The Kier molecular flexibility index (Phi) is 6.19. The number of hydrogen-bond acceptors (Lipinski definition) is 4. The predicted octanol–water partition coefficient (Wildman–Crippen LogP) is 3.22. The molecule has 6 heteroatoms. The molecule has 0 aliphatic heterocycles. The number of quaternary nitrogens is 1. The first-order valence-electron chi connectivity index (χ1n) is 8.63. The van der Waals surface area contributed by atoms with Crippen LogP contribution < -0.4 is 10.2 Å². The number of anilines is 1. The van der Waals surface area contributed by atoms with Gasteiger partial charge in [-0.05, 0) is 43.0 Å². The van der Waals surface area contributed by atoms with Crippen LogP contribution in [0.25, 0.3) is 0 Å². The Bertz CT molecular complexity index is 867. The minimum Gasteiger partial charge on any atom is -0.328 e. The molecule has 3 aromatic rings. The molecule has 0 aliphatic rings. The molecule has 2 aromatic heterocycles. The highest BCUT2D eigenvalue weighted by Gasteiger charge is 2.13. The Hall–Kier alpha value is -2.02. The molecule has 0 bridgehead atoms. The van der Waals surface area contributed by atoms with Crippen molar-refractivity contribution in [1.29, 1.82) is 0 Å². The third-order valence-corrected chi connectivity index (χ3v) is 6.08. The molecule has 2 N–H and O–H groups in total. The molecule has 4 nitrogen and oxygen atoms in total. The summed E-state index contributed by atoms with van der Waals surface area (Å²) in [5.41, 5.74) is 4.42. The maximum Gasteiger partial charge on any atom is 0.231 e. The number of amides is 1. The number of aryl methyl sites for hydroxylation is 2. The number of carbonyl (C=O) groups is 1. The molecule has 2 heterocycles. The summed E-state index contributed by atoms with van der Waals surface area (Å²) in [6, 6.07) is 9.99. The zero-order chi connectivity index (χ0) is 18.5. The first kappa shape index (κ1) is 18.8. The van der Waals surface area contributed by atoms with Crippen LogP contribution in [0.1, 0.15) is 26.7 Å². The summed E-state index contributed by atoms with van der Waals surface area (Å²) in [7, 11) is 2.18. The van der Waals surface area contributed by atoms with Gasteiger partial charge >= 0.3 is 0 Å². The van der Waals surface area contributed by atoms with Crippen molar-refractivity contribution in [2.24, 2.45) is 0 Å². The zero-order valence-corrected chi connectivity index (χ0v) is 17.0. The van der Waals surface area contributed by atoms with Crippen LogP contribution in [0.3, 0.4) is 0 Å². The molecular weight excluding hydrogens is 362 g/mol. The quantitative estimate of drug-likeness (QED) is 0.655. The summed E-state index contributed by atoms with van der Waals surface area (Å²) in [5.74, 6) is -0.0235. The van der Waals surface area contributed by atoms with Crippen molar-refractivity contribution in [1.82, 2.24) is 4.98 Å². The Morgan fingerprint density at radius 2 is 1.88 bits per heavy atom. The summed E-state index contributed by atoms with van der Waals surface area (Å²) in [5, 5.41) is 8.01. The molecule has 1 aromatic carbocycles. The summed E-state index contributed by atoms with van der Waals surface area (Å²) in [4.78, 5) is 19.7. The first-order chi connectivity index (χ1) is 12.5. The number of thiazole rings is 1. The van der Waals surface area contributed by atoms with Crippen LogP contribution in [0.4, 0.5) is 5.69 Å². The third kappa shape index (κ3) is 5.24. The van der Waals surface area contributed by atoms with Gasteiger partial charge in [0.05, 0.1) is 18.3 Å². The molecule has 26 heavy (non-hydrogen) atoms. The minimum absolute atomic E-state index is 0.0235. The zero-order valence-electron chi connectivity index (χ0n) is 15.3. The number of carbonyl (C=O) groups excluding carboxylic acids is 1. The Morgan fingerprint density at radius 1 is 1.12 bits per heavy atom. The van der Waals surface area contributed by atoms with Crippen LogP contribution in [0.5, 0.6) is 0 Å². The Morgan fingerprint density at radius 3 is 2.58 bits per heavy atom. The number of thiophene rings is 1. The van der Waals surface area contributed by atoms with E-state index < -0.39 is 0 Å². The summed E-state index contributed by atoms with van der Waals surface area (Å²) >= 11 is 3.37. The normalized spacial score (nSPS) is 12.1. The van der Waals surface area contributed by atoms with Crippen LogP contribution in [0.2, 0.25) is 0 Å². The molecule has 136 valence electrons. The molecule has 0 saturated carbocycles. The molecule has 3 rings (SSSR count). The molecule has 1 unspecified atom stereocenters. The van der Waals surface area contributed by atoms with Gasteiger partial charge in [0.25, 0.3) is 0 Å². The van der Waals surface area contributed by atoms with E-state index in [4.69, 9.17) is 0 Å². The number of aromatic nitrogens is 1. The average molecular weight is 387 g/mol. The van der Waals surface area contributed by atoms with E-state index in [0.717, 1.165) is 29.5 Å². The lowest BCUT2D eigenvalue weighted by Gasteiger charge is -2.12. The van der Waals surface area contributed by atoms with Crippen molar-refractivity contribution in [2.75, 3.05) is 12.4 Å². The van der Waals surface area contributed by atoms with Crippen LogP contribution in [-0.4, -0.2) is 17.9 Å². The summed E-state index contributed by atoms with van der Waals surface area (Å²) in [6.45, 7) is 6.06. The van der Waals surface area contributed by atoms with E-state index in [1.54, 1.807) is 11.3 Å². The third-order valence-electron chi connectivity index (χ3n) is 4.16. The van der Waals surface area contributed by atoms with E-state index >= 15 is 0 Å². The number of nitrogens with one attached hydrogen (secondary N) is 2. The largest absolute Gasteiger partial charge is 0.328 e. The highest BCUT2D eigenvalue weighted by Crippen LogP contribution is 2.15. The van der Waals surface area contributed by atoms with Crippen molar-refractivity contribution in [3.05, 3.63) is 67.8 Å². The second kappa shape index (κ2) is 8.58. The lowest BCUT2D eigenvalue weighted by Crippen LogP contribution is -3.06. The van der Waals surface area contributed by atoms with E-state index in [-0.39, 0.29) is 5.91 Å². The molecule has 1 amide bonds. The van der Waals surface area contributed by atoms with Crippen LogP contribution >= 0.6 is 22.7 Å². The molecule has 0 radical (unpaired) electrons. The monoisotopic (exact) mass is 386 g/mol. The van der Waals surface area contributed by atoms with E-state index in [1.165, 1.54) is 20.9 Å². The number of benzene rings is 1. The van der Waals surface area contributed by atoms with Gasteiger partial charge in [-0.15, -0.1) is 22.7 Å². The van der Waals surface area contributed by atoms with Crippen molar-refractivity contribution < 1.29 is 9.69 Å². The Balaban J connectivity index is 1.51. The number of nitrogens with zero attached hydrogens (tertiary/aromatic N) is 1. The van der Waals surface area contributed by atoms with Gasteiger partial charge in [0, 0.05) is 11.1 Å². The van der Waals surface area contributed by atoms with Crippen LogP contribution in [0, 0.1) is 13.8 Å². The predicted molar refractivity (Wildman–Crippen MR) is 109 cm³/mol. The molecule has 0 saturated heterocycles. The number of rotatable bonds is 7. The lowest BCUT2D eigenvalue weighted by molar-refractivity contribution is -0.907.